The van der Waals surface area contributed by atoms with Crippen LogP contribution in [0.25, 0.3) is 0 Å². The fraction of sp³-hybridized carbons (Fsp3) is 0.286. The Hall–Kier alpha value is -3.18. The van der Waals surface area contributed by atoms with Crippen LogP contribution in [0.15, 0.2) is 66.7 Å². The third-order valence-corrected chi connectivity index (χ3v) is 8.47. The van der Waals surface area contributed by atoms with E-state index in [0.717, 1.165) is 23.3 Å². The second-order valence-electron chi connectivity index (χ2n) is 9.66. The average molecular weight is 609 g/mol. The van der Waals surface area contributed by atoms with Crippen molar-refractivity contribution < 1.29 is 27.1 Å². The van der Waals surface area contributed by atoms with Gasteiger partial charge in [0.25, 0.3) is 5.91 Å². The van der Waals surface area contributed by atoms with E-state index in [1.54, 1.807) is 0 Å². The van der Waals surface area contributed by atoms with E-state index < -0.39 is 33.8 Å². The molecule has 1 amide bonds. The molecule has 40 heavy (non-hydrogen) atoms. The highest BCUT2D eigenvalue weighted by atomic mass is 35.5. The Morgan fingerprint density at radius 2 is 1.55 bits per heavy atom. The van der Waals surface area contributed by atoms with Crippen molar-refractivity contribution in [3.8, 4) is 0 Å². The van der Waals surface area contributed by atoms with E-state index in [1.807, 2.05) is 48.5 Å². The van der Waals surface area contributed by atoms with Crippen molar-refractivity contribution in [1.29, 1.82) is 0 Å². The minimum absolute atomic E-state index is 0.0905. The average Bonchev–Trinajstić information content (AvgIpc) is 2.88. The summed E-state index contributed by atoms with van der Waals surface area (Å²) in [6.45, 7) is 2.44. The Balaban J connectivity index is 1.42. The Morgan fingerprint density at radius 1 is 1.00 bits per heavy atom. The molecule has 1 saturated heterocycles. The van der Waals surface area contributed by atoms with Crippen molar-refractivity contribution in [1.82, 2.24) is 10.2 Å². The third-order valence-electron chi connectivity index (χ3n) is 6.51. The number of amides is 1. The van der Waals surface area contributed by atoms with Gasteiger partial charge in [-0.1, -0.05) is 47.5 Å². The smallest absolute Gasteiger partial charge is 0.328 e. The van der Waals surface area contributed by atoms with Gasteiger partial charge >= 0.3 is 5.97 Å². The molecule has 0 saturated carbocycles. The van der Waals surface area contributed by atoms with Crippen LogP contribution >= 0.6 is 23.2 Å². The number of nitrogens with zero attached hydrogens (tertiary/aromatic N) is 1. The second-order valence-corrected chi connectivity index (χ2v) is 12.3. The summed E-state index contributed by atoms with van der Waals surface area (Å²) < 4.78 is 47.1. The van der Waals surface area contributed by atoms with Gasteiger partial charge in [0.05, 0.1) is 24.6 Å². The first kappa shape index (κ1) is 29.8. The monoisotopic (exact) mass is 607 g/mol. The molecular weight excluding hydrogens is 580 g/mol. The molecule has 0 radical (unpaired) electrons. The molecule has 3 aromatic rings. The van der Waals surface area contributed by atoms with Gasteiger partial charge in [0, 0.05) is 34.6 Å². The molecule has 0 aromatic heterocycles. The molecule has 1 aliphatic heterocycles. The molecule has 4 rings (SSSR count). The molecule has 8 nitrogen and oxygen atoms in total. The van der Waals surface area contributed by atoms with Gasteiger partial charge in [-0.25, -0.2) is 17.6 Å². The number of halogens is 3. The first-order valence-corrected chi connectivity index (χ1v) is 14.8. The third kappa shape index (κ3) is 7.51. The molecule has 1 aliphatic rings. The predicted molar refractivity (Wildman–Crippen MR) is 153 cm³/mol. The molecule has 0 aliphatic carbocycles. The molecule has 1 unspecified atom stereocenters. The Kier molecular flexibility index (Phi) is 9.35. The van der Waals surface area contributed by atoms with Crippen LogP contribution in [0.4, 0.5) is 10.1 Å². The first-order chi connectivity index (χ1) is 18.9. The summed E-state index contributed by atoms with van der Waals surface area (Å²) in [7, 11) is -2.69. The van der Waals surface area contributed by atoms with Crippen molar-refractivity contribution in [3.05, 3.63) is 99.3 Å². The van der Waals surface area contributed by atoms with Crippen LogP contribution in [-0.2, 0) is 19.6 Å². The van der Waals surface area contributed by atoms with E-state index in [-0.39, 0.29) is 29.0 Å². The normalized spacial score (nSPS) is 14.8. The number of likely N-dealkylation sites (tertiary alicyclic amines) is 1. The maximum absolute atomic E-state index is 14.2. The van der Waals surface area contributed by atoms with Crippen LogP contribution in [0.2, 0.25) is 10.0 Å². The second kappa shape index (κ2) is 12.6. The number of nitrogens with one attached hydrogen (secondary N) is 2. The molecule has 1 atom stereocenters. The molecule has 0 bridgehead atoms. The van der Waals surface area contributed by atoms with Crippen LogP contribution < -0.4 is 10.0 Å². The van der Waals surface area contributed by atoms with Crippen LogP contribution in [0.3, 0.4) is 0 Å². The lowest BCUT2D eigenvalue weighted by Crippen LogP contribution is -2.51. The van der Waals surface area contributed by atoms with Crippen molar-refractivity contribution >= 4 is 50.8 Å². The van der Waals surface area contributed by atoms with Crippen LogP contribution in [0, 0.1) is 11.7 Å². The van der Waals surface area contributed by atoms with Crippen LogP contribution in [0.1, 0.15) is 34.5 Å². The molecule has 1 fully saturated rings. The van der Waals surface area contributed by atoms with Gasteiger partial charge in [0.2, 0.25) is 10.0 Å². The highest BCUT2D eigenvalue weighted by Crippen LogP contribution is 2.36. The highest BCUT2D eigenvalue weighted by molar-refractivity contribution is 7.92. The molecule has 1 heterocycles. The largest absolute Gasteiger partial charge is 0.467 e. The minimum atomic E-state index is -3.87. The van der Waals surface area contributed by atoms with Gasteiger partial charge in [-0.3, -0.25) is 14.4 Å². The van der Waals surface area contributed by atoms with Gasteiger partial charge in [-0.05, 0) is 60.5 Å². The number of hydrogen-bond acceptors (Lipinski definition) is 6. The van der Waals surface area contributed by atoms with Crippen LogP contribution in [-0.4, -0.2) is 57.2 Å². The lowest BCUT2D eigenvalue weighted by molar-refractivity contribution is -0.142. The summed E-state index contributed by atoms with van der Waals surface area (Å²) in [5, 5.41) is 3.62. The number of hydrogen-bond donors (Lipinski definition) is 2. The number of rotatable bonds is 10. The lowest BCUT2D eigenvalue weighted by Gasteiger charge is -2.44. The summed E-state index contributed by atoms with van der Waals surface area (Å²) in [5.74, 6) is -2.58. The lowest BCUT2D eigenvalue weighted by atomic mass is 9.91. The Bertz CT molecular complexity index is 1440. The van der Waals surface area contributed by atoms with Crippen molar-refractivity contribution in [2.45, 2.75) is 19.0 Å². The summed E-state index contributed by atoms with van der Waals surface area (Å²) in [6, 6.07) is 17.1. The number of ether oxygens (including phenoxy) is 1. The number of methoxy groups -OCH3 is 1. The van der Waals surface area contributed by atoms with E-state index in [9.17, 15) is 22.4 Å². The van der Waals surface area contributed by atoms with Crippen molar-refractivity contribution in [3.63, 3.8) is 0 Å². The van der Waals surface area contributed by atoms with Gasteiger partial charge in [-0.15, -0.1) is 0 Å². The first-order valence-electron chi connectivity index (χ1n) is 12.4. The number of carbonyl (C=O) groups is 2. The summed E-state index contributed by atoms with van der Waals surface area (Å²) in [4.78, 5) is 26.2. The maximum Gasteiger partial charge on any atom is 0.328 e. The number of carbonyl (C=O) groups excluding carboxylic acids is 2. The van der Waals surface area contributed by atoms with Gasteiger partial charge in [0.1, 0.15) is 11.9 Å². The van der Waals surface area contributed by atoms with Crippen molar-refractivity contribution in [2.75, 3.05) is 30.7 Å². The fourth-order valence-electron chi connectivity index (χ4n) is 4.66. The molecule has 12 heteroatoms. The SMILES string of the molecule is COC(=O)C(C)NC(=O)c1cc(F)cc(NS(=O)(=O)CC2CN(C(c3ccc(Cl)cc3)c3ccc(Cl)cc3)C2)c1. The fourth-order valence-corrected chi connectivity index (χ4v) is 6.30. The standard InChI is InChI=1S/C28H28Cl2FN3O5S/c1-17(28(36)39-2)32-27(35)21-11-24(31)13-25(12-21)33-40(37,38)16-18-14-34(15-18)26(19-3-7-22(29)8-4-19)20-5-9-23(30)10-6-20/h3-13,17-18,26,33H,14-16H2,1-2H3,(H,32,35). The Labute approximate surface area is 242 Å². The van der Waals surface area contributed by atoms with E-state index in [4.69, 9.17) is 23.2 Å². The molecule has 2 N–H and O–H groups in total. The zero-order valence-electron chi connectivity index (χ0n) is 21.7. The number of sulfonamides is 1. The minimum Gasteiger partial charge on any atom is -0.467 e. The van der Waals surface area contributed by atoms with Gasteiger partial charge in [-0.2, -0.15) is 0 Å². The zero-order chi connectivity index (χ0) is 29.0. The van der Waals surface area contributed by atoms with Gasteiger partial charge < -0.3 is 10.1 Å². The van der Waals surface area contributed by atoms with E-state index in [2.05, 4.69) is 19.7 Å². The van der Waals surface area contributed by atoms with Crippen LogP contribution in [0.5, 0.6) is 0 Å². The van der Waals surface area contributed by atoms with Gasteiger partial charge in [0.15, 0.2) is 0 Å². The van der Waals surface area contributed by atoms with E-state index in [1.165, 1.54) is 20.1 Å². The van der Waals surface area contributed by atoms with E-state index >= 15 is 0 Å². The quantitative estimate of drug-likeness (QED) is 0.318. The van der Waals surface area contributed by atoms with E-state index in [0.29, 0.717) is 23.1 Å². The number of anilines is 1. The Morgan fingerprint density at radius 3 is 2.08 bits per heavy atom. The number of esters is 1. The maximum atomic E-state index is 14.2. The highest BCUT2D eigenvalue weighted by Gasteiger charge is 2.36. The molecule has 3 aromatic carbocycles. The van der Waals surface area contributed by atoms with Crippen molar-refractivity contribution in [2.24, 2.45) is 5.92 Å². The zero-order valence-corrected chi connectivity index (χ0v) is 24.1. The molecular formula is C28H28Cl2FN3O5S. The molecule has 0 spiro atoms. The molecule has 212 valence electrons. The number of benzene rings is 3. The summed E-state index contributed by atoms with van der Waals surface area (Å²) in [6.07, 6.45) is 0. The summed E-state index contributed by atoms with van der Waals surface area (Å²) in [5.41, 5.74) is 1.79. The topological polar surface area (TPSA) is 105 Å². The predicted octanol–water partition coefficient (Wildman–Crippen LogP) is 4.89. The summed E-state index contributed by atoms with van der Waals surface area (Å²) >= 11 is 12.2.